The van der Waals surface area contributed by atoms with Crippen LogP contribution in [0.1, 0.15) is 50.3 Å². The SMILES string of the molecule is CCCCC(N)C(=O)NC(C)c1cc(C)ccc1OC. The third-order valence-corrected chi connectivity index (χ3v) is 3.42. The van der Waals surface area contributed by atoms with Gasteiger partial charge < -0.3 is 15.8 Å². The molecule has 3 N–H and O–H groups in total. The van der Waals surface area contributed by atoms with Crippen molar-refractivity contribution in [3.63, 3.8) is 0 Å². The Morgan fingerprint density at radius 3 is 2.75 bits per heavy atom. The minimum atomic E-state index is -0.437. The molecule has 1 aromatic carbocycles. The highest BCUT2D eigenvalue weighted by Gasteiger charge is 2.18. The minimum Gasteiger partial charge on any atom is -0.496 e. The van der Waals surface area contributed by atoms with Crippen LogP contribution in [0.2, 0.25) is 0 Å². The number of benzene rings is 1. The summed E-state index contributed by atoms with van der Waals surface area (Å²) in [4.78, 5) is 12.0. The first kappa shape index (κ1) is 16.5. The molecule has 0 saturated carbocycles. The average Bonchev–Trinajstić information content (AvgIpc) is 2.44. The lowest BCUT2D eigenvalue weighted by Crippen LogP contribution is -2.41. The fourth-order valence-corrected chi connectivity index (χ4v) is 2.15. The lowest BCUT2D eigenvalue weighted by Gasteiger charge is -2.20. The van der Waals surface area contributed by atoms with E-state index >= 15 is 0 Å². The highest BCUT2D eigenvalue weighted by atomic mass is 16.5. The molecular weight excluding hydrogens is 252 g/mol. The quantitative estimate of drug-likeness (QED) is 0.806. The van der Waals surface area contributed by atoms with Crippen LogP contribution in [0, 0.1) is 6.92 Å². The molecule has 0 bridgehead atoms. The number of nitrogens with two attached hydrogens (primary N) is 1. The fourth-order valence-electron chi connectivity index (χ4n) is 2.15. The Kier molecular flexibility index (Phi) is 6.52. The maximum atomic E-state index is 12.0. The summed E-state index contributed by atoms with van der Waals surface area (Å²) >= 11 is 0. The van der Waals surface area contributed by atoms with E-state index in [-0.39, 0.29) is 11.9 Å². The van der Waals surface area contributed by atoms with Crippen molar-refractivity contribution in [1.29, 1.82) is 0 Å². The predicted octanol–water partition coefficient (Wildman–Crippen LogP) is 2.70. The molecule has 1 aromatic rings. The van der Waals surface area contributed by atoms with Crippen molar-refractivity contribution in [1.82, 2.24) is 5.32 Å². The van der Waals surface area contributed by atoms with Crippen molar-refractivity contribution in [3.05, 3.63) is 29.3 Å². The first-order valence-corrected chi connectivity index (χ1v) is 7.20. The number of amides is 1. The van der Waals surface area contributed by atoms with Crippen LogP contribution in [-0.2, 0) is 4.79 Å². The van der Waals surface area contributed by atoms with Crippen LogP contribution < -0.4 is 15.8 Å². The van der Waals surface area contributed by atoms with Crippen LogP contribution in [0.25, 0.3) is 0 Å². The number of carbonyl (C=O) groups excluding carboxylic acids is 1. The Labute approximate surface area is 121 Å². The monoisotopic (exact) mass is 278 g/mol. The van der Waals surface area contributed by atoms with Crippen molar-refractivity contribution in [2.45, 2.75) is 52.1 Å². The van der Waals surface area contributed by atoms with E-state index in [9.17, 15) is 4.79 Å². The summed E-state index contributed by atoms with van der Waals surface area (Å²) in [6.07, 6.45) is 2.74. The van der Waals surface area contributed by atoms with Gasteiger partial charge in [0.15, 0.2) is 0 Å². The van der Waals surface area contributed by atoms with Gasteiger partial charge in [0, 0.05) is 5.56 Å². The summed E-state index contributed by atoms with van der Waals surface area (Å²) < 4.78 is 5.35. The third-order valence-electron chi connectivity index (χ3n) is 3.42. The molecule has 4 heteroatoms. The summed E-state index contributed by atoms with van der Waals surface area (Å²) in [5, 5.41) is 2.96. The van der Waals surface area contributed by atoms with Crippen molar-refractivity contribution in [2.24, 2.45) is 5.73 Å². The van der Waals surface area contributed by atoms with Crippen LogP contribution in [0.3, 0.4) is 0 Å². The van der Waals surface area contributed by atoms with Gasteiger partial charge in [0.05, 0.1) is 19.2 Å². The average molecular weight is 278 g/mol. The van der Waals surface area contributed by atoms with E-state index in [0.29, 0.717) is 0 Å². The molecule has 0 aromatic heterocycles. The second kappa shape index (κ2) is 7.90. The van der Waals surface area contributed by atoms with E-state index in [0.717, 1.165) is 36.1 Å². The second-order valence-corrected chi connectivity index (χ2v) is 5.22. The summed E-state index contributed by atoms with van der Waals surface area (Å²) in [5.74, 6) is 0.681. The molecule has 1 amide bonds. The number of methoxy groups -OCH3 is 1. The number of carbonyl (C=O) groups is 1. The summed E-state index contributed by atoms with van der Waals surface area (Å²) in [5.41, 5.74) is 8.00. The normalized spacial score (nSPS) is 13.7. The van der Waals surface area contributed by atoms with Crippen molar-refractivity contribution < 1.29 is 9.53 Å². The largest absolute Gasteiger partial charge is 0.496 e. The van der Waals surface area contributed by atoms with E-state index in [1.807, 2.05) is 32.0 Å². The number of nitrogens with one attached hydrogen (secondary N) is 1. The number of rotatable bonds is 7. The van der Waals surface area contributed by atoms with Gasteiger partial charge in [-0.05, 0) is 26.3 Å². The van der Waals surface area contributed by atoms with Crippen molar-refractivity contribution in [3.8, 4) is 5.75 Å². The lowest BCUT2D eigenvalue weighted by molar-refractivity contribution is -0.123. The van der Waals surface area contributed by atoms with Gasteiger partial charge in [-0.1, -0.05) is 37.5 Å². The van der Waals surface area contributed by atoms with Gasteiger partial charge in [-0.3, -0.25) is 4.79 Å². The number of aryl methyl sites for hydroxylation is 1. The Morgan fingerprint density at radius 1 is 1.45 bits per heavy atom. The number of hydrogen-bond acceptors (Lipinski definition) is 3. The molecular formula is C16H26N2O2. The molecule has 0 fully saturated rings. The van der Waals surface area contributed by atoms with E-state index in [1.54, 1.807) is 7.11 Å². The van der Waals surface area contributed by atoms with Crippen LogP contribution in [0.5, 0.6) is 5.75 Å². The highest BCUT2D eigenvalue weighted by Crippen LogP contribution is 2.26. The highest BCUT2D eigenvalue weighted by molar-refractivity contribution is 5.81. The molecule has 0 aliphatic heterocycles. The predicted molar refractivity (Wildman–Crippen MR) is 81.8 cm³/mol. The van der Waals surface area contributed by atoms with E-state index in [1.165, 1.54) is 0 Å². The van der Waals surface area contributed by atoms with E-state index in [4.69, 9.17) is 10.5 Å². The molecule has 0 aliphatic carbocycles. The molecule has 0 radical (unpaired) electrons. The third kappa shape index (κ3) is 4.53. The molecule has 0 heterocycles. The molecule has 1 rings (SSSR count). The molecule has 2 atom stereocenters. The number of unbranched alkanes of at least 4 members (excludes halogenated alkanes) is 1. The van der Waals surface area contributed by atoms with Crippen molar-refractivity contribution >= 4 is 5.91 Å². The van der Waals surface area contributed by atoms with Gasteiger partial charge in [-0.25, -0.2) is 0 Å². The van der Waals surface area contributed by atoms with Crippen LogP contribution in [-0.4, -0.2) is 19.1 Å². The van der Waals surface area contributed by atoms with Gasteiger partial charge in [-0.2, -0.15) is 0 Å². The maximum absolute atomic E-state index is 12.0. The molecule has 20 heavy (non-hydrogen) atoms. The van der Waals surface area contributed by atoms with Crippen molar-refractivity contribution in [2.75, 3.05) is 7.11 Å². The smallest absolute Gasteiger partial charge is 0.237 e. The molecule has 2 unspecified atom stereocenters. The maximum Gasteiger partial charge on any atom is 0.237 e. The lowest BCUT2D eigenvalue weighted by atomic mass is 10.0. The first-order valence-electron chi connectivity index (χ1n) is 7.20. The van der Waals surface area contributed by atoms with Gasteiger partial charge in [0.25, 0.3) is 0 Å². The molecule has 112 valence electrons. The summed E-state index contributed by atoms with van der Waals surface area (Å²) in [6, 6.07) is 5.38. The zero-order chi connectivity index (χ0) is 15.1. The molecule has 0 aliphatic rings. The van der Waals surface area contributed by atoms with Gasteiger partial charge >= 0.3 is 0 Å². The Morgan fingerprint density at radius 2 is 2.15 bits per heavy atom. The molecule has 4 nitrogen and oxygen atoms in total. The summed E-state index contributed by atoms with van der Waals surface area (Å²) in [7, 11) is 1.63. The van der Waals surface area contributed by atoms with E-state index < -0.39 is 6.04 Å². The van der Waals surface area contributed by atoms with Crippen LogP contribution in [0.15, 0.2) is 18.2 Å². The topological polar surface area (TPSA) is 64.4 Å². The number of hydrogen-bond donors (Lipinski definition) is 2. The van der Waals surface area contributed by atoms with Crippen LogP contribution in [0.4, 0.5) is 0 Å². The van der Waals surface area contributed by atoms with E-state index in [2.05, 4.69) is 12.2 Å². The van der Waals surface area contributed by atoms with Gasteiger partial charge in [0.1, 0.15) is 5.75 Å². The zero-order valence-corrected chi connectivity index (χ0v) is 12.9. The van der Waals surface area contributed by atoms with Crippen LogP contribution >= 0.6 is 0 Å². The summed E-state index contributed by atoms with van der Waals surface area (Å²) in [6.45, 7) is 6.05. The zero-order valence-electron chi connectivity index (χ0n) is 12.9. The Hall–Kier alpha value is -1.55. The molecule has 0 saturated heterocycles. The first-order chi connectivity index (χ1) is 9.49. The van der Waals surface area contributed by atoms with Gasteiger partial charge in [-0.15, -0.1) is 0 Å². The Bertz CT molecular complexity index is 446. The second-order valence-electron chi connectivity index (χ2n) is 5.22. The standard InChI is InChI=1S/C16H26N2O2/c1-5-6-7-14(17)16(19)18-12(3)13-10-11(2)8-9-15(13)20-4/h8-10,12,14H,5-7,17H2,1-4H3,(H,18,19). The van der Waals surface area contributed by atoms with Gasteiger partial charge in [0.2, 0.25) is 5.91 Å². The minimum absolute atomic E-state index is 0.102. The number of ether oxygens (including phenoxy) is 1. The Balaban J connectivity index is 2.73. The fraction of sp³-hybridized carbons (Fsp3) is 0.562. The molecule has 0 spiro atoms.